The SMILES string of the molecule is CS(=O)(=O)C1CSCCN1Cc1ccnc(NN)c1. The van der Waals surface area contributed by atoms with Crippen LogP contribution in [0.5, 0.6) is 0 Å². The third kappa shape index (κ3) is 3.82. The third-order valence-electron chi connectivity index (χ3n) is 3.04. The zero-order valence-electron chi connectivity index (χ0n) is 10.7. The molecule has 1 aliphatic heterocycles. The molecule has 2 rings (SSSR count). The van der Waals surface area contributed by atoms with Crippen LogP contribution in [0.1, 0.15) is 5.56 Å². The maximum Gasteiger partial charge on any atom is 0.164 e. The Morgan fingerprint density at radius 3 is 3.11 bits per heavy atom. The van der Waals surface area contributed by atoms with E-state index in [4.69, 9.17) is 5.84 Å². The predicted molar refractivity (Wildman–Crippen MR) is 78.4 cm³/mol. The molecule has 1 aromatic heterocycles. The van der Waals surface area contributed by atoms with Crippen LogP contribution in [0.2, 0.25) is 0 Å². The van der Waals surface area contributed by atoms with Crippen molar-refractivity contribution in [1.82, 2.24) is 9.88 Å². The second-order valence-corrected chi connectivity index (χ2v) is 7.88. The Morgan fingerprint density at radius 1 is 1.63 bits per heavy atom. The van der Waals surface area contributed by atoms with Gasteiger partial charge in [0.25, 0.3) is 0 Å². The molecule has 0 amide bonds. The largest absolute Gasteiger partial charge is 0.308 e. The summed E-state index contributed by atoms with van der Waals surface area (Å²) in [5.74, 6) is 7.49. The lowest BCUT2D eigenvalue weighted by atomic mass is 10.2. The van der Waals surface area contributed by atoms with Gasteiger partial charge in [0, 0.05) is 37.0 Å². The van der Waals surface area contributed by atoms with Crippen molar-refractivity contribution in [2.75, 3.05) is 29.7 Å². The highest BCUT2D eigenvalue weighted by Gasteiger charge is 2.30. The first-order valence-electron chi connectivity index (χ1n) is 5.93. The van der Waals surface area contributed by atoms with Crippen LogP contribution in [0.15, 0.2) is 18.3 Å². The lowest BCUT2D eigenvalue weighted by molar-refractivity contribution is 0.262. The highest BCUT2D eigenvalue weighted by molar-refractivity contribution is 8.00. The second-order valence-electron chi connectivity index (χ2n) is 4.52. The van der Waals surface area contributed by atoms with E-state index in [1.165, 1.54) is 6.26 Å². The summed E-state index contributed by atoms with van der Waals surface area (Å²) in [6.07, 6.45) is 2.97. The Kier molecular flexibility index (Phi) is 4.67. The molecular weight excluding hydrogens is 284 g/mol. The molecule has 0 aromatic carbocycles. The molecule has 1 atom stereocenters. The number of nitrogen functional groups attached to an aromatic ring is 1. The minimum absolute atomic E-state index is 0.409. The van der Waals surface area contributed by atoms with Gasteiger partial charge in [-0.2, -0.15) is 11.8 Å². The number of nitrogens with two attached hydrogens (primary N) is 1. The van der Waals surface area contributed by atoms with Gasteiger partial charge in [-0.1, -0.05) is 0 Å². The minimum Gasteiger partial charge on any atom is -0.308 e. The smallest absolute Gasteiger partial charge is 0.164 e. The van der Waals surface area contributed by atoms with E-state index in [-0.39, 0.29) is 0 Å². The van der Waals surface area contributed by atoms with Crippen molar-refractivity contribution < 1.29 is 8.42 Å². The molecule has 106 valence electrons. The molecular formula is C11H18N4O2S2. The zero-order chi connectivity index (χ0) is 13.9. The van der Waals surface area contributed by atoms with E-state index < -0.39 is 15.2 Å². The van der Waals surface area contributed by atoms with Gasteiger partial charge in [0.05, 0.1) is 0 Å². The molecule has 19 heavy (non-hydrogen) atoms. The van der Waals surface area contributed by atoms with Crippen molar-refractivity contribution >= 4 is 27.4 Å². The van der Waals surface area contributed by atoms with Crippen LogP contribution in [-0.2, 0) is 16.4 Å². The van der Waals surface area contributed by atoms with Crippen molar-refractivity contribution in [3.63, 3.8) is 0 Å². The quantitative estimate of drug-likeness (QED) is 0.610. The maximum atomic E-state index is 11.8. The van der Waals surface area contributed by atoms with E-state index in [2.05, 4.69) is 10.4 Å². The third-order valence-corrected chi connectivity index (χ3v) is 5.73. The van der Waals surface area contributed by atoms with Crippen molar-refractivity contribution in [1.29, 1.82) is 0 Å². The molecule has 8 heteroatoms. The number of hydrogen-bond acceptors (Lipinski definition) is 7. The fraction of sp³-hybridized carbons (Fsp3) is 0.545. The summed E-state index contributed by atoms with van der Waals surface area (Å²) < 4.78 is 23.6. The lowest BCUT2D eigenvalue weighted by Gasteiger charge is -2.33. The number of thioether (sulfide) groups is 1. The summed E-state index contributed by atoms with van der Waals surface area (Å²) in [5.41, 5.74) is 3.50. The van der Waals surface area contributed by atoms with E-state index in [0.717, 1.165) is 17.9 Å². The van der Waals surface area contributed by atoms with E-state index >= 15 is 0 Å². The lowest BCUT2D eigenvalue weighted by Crippen LogP contribution is -2.46. The van der Waals surface area contributed by atoms with Crippen LogP contribution in [-0.4, -0.2) is 48.0 Å². The number of aromatic nitrogens is 1. The number of sulfone groups is 1. The molecule has 1 aliphatic rings. The number of hydrazine groups is 1. The van der Waals surface area contributed by atoms with Gasteiger partial charge in [-0.3, -0.25) is 4.90 Å². The average Bonchev–Trinajstić information content (AvgIpc) is 2.38. The Hall–Kier alpha value is -0.830. The molecule has 0 bridgehead atoms. The van der Waals surface area contributed by atoms with Crippen molar-refractivity contribution in [3.05, 3.63) is 23.9 Å². The van der Waals surface area contributed by atoms with Gasteiger partial charge in [0.2, 0.25) is 0 Å². The highest BCUT2D eigenvalue weighted by Crippen LogP contribution is 2.22. The first-order chi connectivity index (χ1) is 9.00. The minimum atomic E-state index is -3.06. The molecule has 0 spiro atoms. The van der Waals surface area contributed by atoms with Crippen LogP contribution < -0.4 is 11.3 Å². The van der Waals surface area contributed by atoms with Crippen molar-refractivity contribution in [2.45, 2.75) is 11.9 Å². The van der Waals surface area contributed by atoms with Crippen molar-refractivity contribution in [2.24, 2.45) is 5.84 Å². The summed E-state index contributed by atoms with van der Waals surface area (Å²) in [5, 5.41) is -0.409. The van der Waals surface area contributed by atoms with Crippen LogP contribution in [0.25, 0.3) is 0 Å². The normalized spacial score (nSPS) is 21.3. The number of rotatable bonds is 4. The number of pyridine rings is 1. The molecule has 1 fully saturated rings. The molecule has 1 unspecified atom stereocenters. The van der Waals surface area contributed by atoms with E-state index in [0.29, 0.717) is 18.1 Å². The van der Waals surface area contributed by atoms with E-state index in [9.17, 15) is 8.42 Å². The van der Waals surface area contributed by atoms with Gasteiger partial charge >= 0.3 is 0 Å². The Morgan fingerprint density at radius 2 is 2.42 bits per heavy atom. The molecule has 3 N–H and O–H groups in total. The van der Waals surface area contributed by atoms with Crippen LogP contribution in [0.4, 0.5) is 5.82 Å². The van der Waals surface area contributed by atoms with E-state index in [1.807, 2.05) is 17.0 Å². The summed E-state index contributed by atoms with van der Waals surface area (Å²) >= 11 is 1.69. The Balaban J connectivity index is 2.15. The number of anilines is 1. The Labute approximate surface area is 117 Å². The second kappa shape index (κ2) is 6.08. The van der Waals surface area contributed by atoms with Gasteiger partial charge in [-0.25, -0.2) is 19.2 Å². The average molecular weight is 302 g/mol. The van der Waals surface area contributed by atoms with Gasteiger partial charge < -0.3 is 5.43 Å². The highest BCUT2D eigenvalue weighted by atomic mass is 32.2. The molecule has 1 saturated heterocycles. The van der Waals surface area contributed by atoms with Gasteiger partial charge in [-0.05, 0) is 17.7 Å². The zero-order valence-corrected chi connectivity index (χ0v) is 12.4. The molecule has 0 radical (unpaired) electrons. The molecule has 6 nitrogen and oxygen atoms in total. The number of hydrogen-bond donors (Lipinski definition) is 2. The van der Waals surface area contributed by atoms with Gasteiger partial charge in [-0.15, -0.1) is 0 Å². The first-order valence-corrected chi connectivity index (χ1v) is 9.04. The summed E-state index contributed by atoms with van der Waals surface area (Å²) in [4.78, 5) is 6.04. The summed E-state index contributed by atoms with van der Waals surface area (Å²) in [6, 6.07) is 3.71. The van der Waals surface area contributed by atoms with Crippen LogP contribution in [0.3, 0.4) is 0 Å². The van der Waals surface area contributed by atoms with E-state index in [1.54, 1.807) is 18.0 Å². The standard InChI is InChI=1S/C11H18N4O2S2/c1-19(16,17)11-8-18-5-4-15(11)7-9-2-3-13-10(6-9)14-12/h2-3,6,11H,4-5,7-8,12H2,1H3,(H,13,14). The van der Waals surface area contributed by atoms with Crippen LogP contribution >= 0.6 is 11.8 Å². The monoisotopic (exact) mass is 302 g/mol. The summed E-state index contributed by atoms with van der Waals surface area (Å²) in [7, 11) is -3.06. The molecule has 1 aromatic rings. The molecule has 0 saturated carbocycles. The Bertz CT molecular complexity index is 535. The fourth-order valence-corrected chi connectivity index (χ4v) is 5.02. The summed E-state index contributed by atoms with van der Waals surface area (Å²) in [6.45, 7) is 1.37. The number of nitrogens with zero attached hydrogens (tertiary/aromatic N) is 2. The fourth-order valence-electron chi connectivity index (χ4n) is 2.08. The van der Waals surface area contributed by atoms with Gasteiger partial charge in [0.15, 0.2) is 9.84 Å². The topological polar surface area (TPSA) is 88.3 Å². The molecule has 0 aliphatic carbocycles. The van der Waals surface area contributed by atoms with Crippen LogP contribution in [0, 0.1) is 0 Å². The van der Waals surface area contributed by atoms with Crippen molar-refractivity contribution in [3.8, 4) is 0 Å². The molecule has 2 heterocycles. The maximum absolute atomic E-state index is 11.8. The van der Waals surface area contributed by atoms with Gasteiger partial charge in [0.1, 0.15) is 11.2 Å². The predicted octanol–water partition coefficient (Wildman–Crippen LogP) is 0.287. The number of nitrogens with one attached hydrogen (secondary N) is 1. The first kappa shape index (κ1) is 14.6.